The number of rotatable bonds is 3. The predicted molar refractivity (Wildman–Crippen MR) is 72.8 cm³/mol. The quantitative estimate of drug-likeness (QED) is 0.728. The lowest BCUT2D eigenvalue weighted by atomic mass is 10.3. The summed E-state index contributed by atoms with van der Waals surface area (Å²) in [6.07, 6.45) is 0. The third-order valence-corrected chi connectivity index (χ3v) is 4.04. The standard InChI is InChI=1S/C11H7BrCl2OS/c12-11-4-2-8(16-11)6-15-10-5-7(13)1-3-9(10)14/h1-5H,6H2. The molecule has 0 fully saturated rings. The topological polar surface area (TPSA) is 9.23 Å². The Morgan fingerprint density at radius 2 is 2.00 bits per heavy atom. The molecule has 0 aliphatic rings. The van der Waals surface area contributed by atoms with Crippen LogP contribution in [0.3, 0.4) is 0 Å². The third kappa shape index (κ3) is 3.14. The Kier molecular flexibility index (Phi) is 4.14. The molecule has 84 valence electrons. The first-order valence-electron chi connectivity index (χ1n) is 4.47. The van der Waals surface area contributed by atoms with Crippen molar-refractivity contribution in [3.63, 3.8) is 0 Å². The van der Waals surface area contributed by atoms with Gasteiger partial charge in [0.15, 0.2) is 0 Å². The molecule has 0 saturated carbocycles. The van der Waals surface area contributed by atoms with Crippen molar-refractivity contribution in [2.24, 2.45) is 0 Å². The maximum absolute atomic E-state index is 5.98. The van der Waals surface area contributed by atoms with Crippen LogP contribution in [-0.2, 0) is 6.61 Å². The highest BCUT2D eigenvalue weighted by Gasteiger charge is 2.04. The second kappa shape index (κ2) is 5.41. The van der Waals surface area contributed by atoms with Gasteiger partial charge >= 0.3 is 0 Å². The zero-order valence-electron chi connectivity index (χ0n) is 8.04. The molecular formula is C11H7BrCl2OS. The van der Waals surface area contributed by atoms with E-state index >= 15 is 0 Å². The molecule has 0 aliphatic heterocycles. The first-order chi connectivity index (χ1) is 7.65. The van der Waals surface area contributed by atoms with E-state index in [1.54, 1.807) is 29.5 Å². The maximum Gasteiger partial charge on any atom is 0.139 e. The lowest BCUT2D eigenvalue weighted by Crippen LogP contribution is -1.93. The van der Waals surface area contributed by atoms with E-state index in [0.29, 0.717) is 22.4 Å². The second-order valence-electron chi connectivity index (χ2n) is 3.07. The third-order valence-electron chi connectivity index (χ3n) is 1.89. The lowest BCUT2D eigenvalue weighted by molar-refractivity contribution is 0.310. The minimum Gasteiger partial charge on any atom is -0.486 e. The summed E-state index contributed by atoms with van der Waals surface area (Å²) in [5.41, 5.74) is 0. The molecule has 0 N–H and O–H groups in total. The molecule has 0 spiro atoms. The number of hydrogen-bond acceptors (Lipinski definition) is 2. The van der Waals surface area contributed by atoms with Crippen LogP contribution in [0.15, 0.2) is 34.1 Å². The Morgan fingerprint density at radius 1 is 1.19 bits per heavy atom. The molecule has 0 radical (unpaired) electrons. The van der Waals surface area contributed by atoms with Gasteiger partial charge in [-0.15, -0.1) is 11.3 Å². The van der Waals surface area contributed by atoms with E-state index in [-0.39, 0.29) is 0 Å². The molecule has 0 saturated heterocycles. The summed E-state index contributed by atoms with van der Waals surface area (Å²) in [7, 11) is 0. The van der Waals surface area contributed by atoms with E-state index in [2.05, 4.69) is 15.9 Å². The minimum atomic E-state index is 0.496. The normalized spacial score (nSPS) is 10.4. The van der Waals surface area contributed by atoms with Gasteiger partial charge < -0.3 is 4.74 Å². The van der Waals surface area contributed by atoms with E-state index in [9.17, 15) is 0 Å². The van der Waals surface area contributed by atoms with Gasteiger partial charge in [0, 0.05) is 16.0 Å². The van der Waals surface area contributed by atoms with Crippen LogP contribution in [0.5, 0.6) is 5.75 Å². The molecule has 0 atom stereocenters. The molecule has 0 amide bonds. The summed E-state index contributed by atoms with van der Waals surface area (Å²) in [6.45, 7) is 0.496. The van der Waals surface area contributed by atoms with Crippen molar-refractivity contribution in [2.45, 2.75) is 6.61 Å². The molecule has 5 heteroatoms. The van der Waals surface area contributed by atoms with Gasteiger partial charge in [0.05, 0.1) is 8.81 Å². The van der Waals surface area contributed by atoms with Crippen molar-refractivity contribution in [2.75, 3.05) is 0 Å². The molecule has 0 bridgehead atoms. The summed E-state index contributed by atoms with van der Waals surface area (Å²) in [6, 6.07) is 9.17. The highest BCUT2D eigenvalue weighted by atomic mass is 79.9. The second-order valence-corrected chi connectivity index (χ2v) is 6.46. The van der Waals surface area contributed by atoms with Crippen LogP contribution in [0.4, 0.5) is 0 Å². The van der Waals surface area contributed by atoms with Crippen molar-refractivity contribution in [1.29, 1.82) is 0 Å². The van der Waals surface area contributed by atoms with Crippen molar-refractivity contribution < 1.29 is 4.74 Å². The number of thiophene rings is 1. The van der Waals surface area contributed by atoms with Gasteiger partial charge in [-0.3, -0.25) is 0 Å². The molecular weight excluding hydrogens is 331 g/mol. The fourth-order valence-electron chi connectivity index (χ4n) is 1.17. The Labute approximate surface area is 116 Å². The SMILES string of the molecule is Clc1ccc(Cl)c(OCc2ccc(Br)s2)c1. The van der Waals surface area contributed by atoms with Crippen molar-refractivity contribution in [3.05, 3.63) is 49.0 Å². The fourth-order valence-corrected chi connectivity index (χ4v) is 2.90. The van der Waals surface area contributed by atoms with Crippen LogP contribution in [0.2, 0.25) is 10.0 Å². The van der Waals surface area contributed by atoms with Gasteiger partial charge in [0.2, 0.25) is 0 Å². The lowest BCUT2D eigenvalue weighted by Gasteiger charge is -2.06. The monoisotopic (exact) mass is 336 g/mol. The Hall–Kier alpha value is -0.220. The smallest absolute Gasteiger partial charge is 0.139 e. The van der Waals surface area contributed by atoms with E-state index < -0.39 is 0 Å². The van der Waals surface area contributed by atoms with Crippen LogP contribution in [0, 0.1) is 0 Å². The van der Waals surface area contributed by atoms with Crippen molar-refractivity contribution in [3.8, 4) is 5.75 Å². The number of ether oxygens (including phenoxy) is 1. The highest BCUT2D eigenvalue weighted by molar-refractivity contribution is 9.11. The molecule has 16 heavy (non-hydrogen) atoms. The van der Waals surface area contributed by atoms with E-state index in [4.69, 9.17) is 27.9 Å². The van der Waals surface area contributed by atoms with Crippen LogP contribution in [0.1, 0.15) is 4.88 Å². The number of hydrogen-bond donors (Lipinski definition) is 0. The van der Waals surface area contributed by atoms with Gasteiger partial charge in [-0.25, -0.2) is 0 Å². The predicted octanol–water partition coefficient (Wildman–Crippen LogP) is 5.40. The average Bonchev–Trinajstić information content (AvgIpc) is 2.66. The van der Waals surface area contributed by atoms with Gasteiger partial charge in [-0.1, -0.05) is 23.2 Å². The van der Waals surface area contributed by atoms with Gasteiger partial charge in [0.25, 0.3) is 0 Å². The minimum absolute atomic E-state index is 0.496. The molecule has 0 aliphatic carbocycles. The summed E-state index contributed by atoms with van der Waals surface area (Å²) in [5.74, 6) is 0.610. The zero-order valence-corrected chi connectivity index (χ0v) is 12.0. The van der Waals surface area contributed by atoms with Crippen LogP contribution < -0.4 is 4.74 Å². The first kappa shape index (κ1) is 12.2. The average molecular weight is 338 g/mol. The largest absolute Gasteiger partial charge is 0.486 e. The maximum atomic E-state index is 5.98. The summed E-state index contributed by atoms with van der Waals surface area (Å²) < 4.78 is 6.68. The summed E-state index contributed by atoms with van der Waals surface area (Å²) >= 11 is 16.9. The molecule has 2 aromatic rings. The Bertz CT molecular complexity index is 498. The molecule has 2 rings (SSSR count). The van der Waals surface area contributed by atoms with Gasteiger partial charge in [0.1, 0.15) is 12.4 Å². The Balaban J connectivity index is 2.07. The van der Waals surface area contributed by atoms with Gasteiger partial charge in [-0.2, -0.15) is 0 Å². The molecule has 1 aromatic heterocycles. The van der Waals surface area contributed by atoms with Crippen molar-refractivity contribution >= 4 is 50.5 Å². The van der Waals surface area contributed by atoms with E-state index in [1.807, 2.05) is 12.1 Å². The zero-order chi connectivity index (χ0) is 11.5. The fraction of sp³-hybridized carbons (Fsp3) is 0.0909. The molecule has 1 aromatic carbocycles. The molecule has 0 unspecified atom stereocenters. The van der Waals surface area contributed by atoms with Crippen LogP contribution in [0.25, 0.3) is 0 Å². The van der Waals surface area contributed by atoms with E-state index in [0.717, 1.165) is 8.66 Å². The summed E-state index contributed by atoms with van der Waals surface area (Å²) in [4.78, 5) is 1.13. The van der Waals surface area contributed by atoms with Gasteiger partial charge in [-0.05, 0) is 40.2 Å². The number of halogens is 3. The highest BCUT2D eigenvalue weighted by Crippen LogP contribution is 2.29. The Morgan fingerprint density at radius 3 is 2.69 bits per heavy atom. The van der Waals surface area contributed by atoms with Crippen molar-refractivity contribution in [1.82, 2.24) is 0 Å². The molecule has 1 nitrogen and oxygen atoms in total. The van der Waals surface area contributed by atoms with Crippen LogP contribution in [-0.4, -0.2) is 0 Å². The van der Waals surface area contributed by atoms with Crippen LogP contribution >= 0.6 is 50.5 Å². The number of benzene rings is 1. The first-order valence-corrected chi connectivity index (χ1v) is 6.84. The van der Waals surface area contributed by atoms with E-state index in [1.165, 1.54) is 0 Å². The molecule has 1 heterocycles. The summed E-state index contributed by atoms with van der Waals surface area (Å²) in [5, 5.41) is 1.19.